The molecule has 4 heteroatoms. The quantitative estimate of drug-likeness (QED) is 0.128. The van der Waals surface area contributed by atoms with Crippen LogP contribution in [0.15, 0.2) is 170 Å². The van der Waals surface area contributed by atoms with Gasteiger partial charge in [0, 0.05) is 56.5 Å². The van der Waals surface area contributed by atoms with E-state index in [1.54, 1.807) is 0 Å². The number of benzene rings is 7. The molecule has 0 saturated carbocycles. The normalized spacial score (nSPS) is 13.1. The zero-order chi connectivity index (χ0) is 43.6. The Balaban J connectivity index is 1.08. The monoisotopic (exact) mass is 830 g/mol. The average molecular weight is 831 g/mol. The molecule has 306 valence electrons. The molecule has 0 amide bonds. The molecule has 4 nitrogen and oxygen atoms in total. The van der Waals surface area contributed by atoms with E-state index in [0.717, 1.165) is 95.4 Å². The summed E-state index contributed by atoms with van der Waals surface area (Å²) < 4.78 is 0. The van der Waals surface area contributed by atoms with Crippen LogP contribution < -0.4 is 0 Å². The second-order valence-electron chi connectivity index (χ2n) is 17.9. The van der Waals surface area contributed by atoms with Crippen LogP contribution in [0.3, 0.4) is 0 Å². The fraction of sp³-hybridized carbons (Fsp3) is 0.0820. The molecule has 3 aromatic heterocycles. The van der Waals surface area contributed by atoms with Crippen molar-refractivity contribution in [3.63, 3.8) is 0 Å². The highest BCUT2D eigenvalue weighted by Gasteiger charge is 2.29. The van der Waals surface area contributed by atoms with Crippen LogP contribution in [0.4, 0.5) is 0 Å². The number of allylic oxidation sites excluding steroid dienone is 1. The van der Waals surface area contributed by atoms with Crippen molar-refractivity contribution in [3.8, 4) is 34.8 Å². The first-order valence-electron chi connectivity index (χ1n) is 22.2. The third kappa shape index (κ3) is 6.94. The Morgan fingerprint density at radius 3 is 1.75 bits per heavy atom. The second kappa shape index (κ2) is 15.1. The molecular weight excluding hydrogens is 789 g/mol. The number of nitrogens with one attached hydrogen (secondary N) is 2. The van der Waals surface area contributed by atoms with E-state index in [9.17, 15) is 0 Å². The first-order chi connectivity index (χ1) is 31.8. The predicted octanol–water partition coefficient (Wildman–Crippen LogP) is 14.4. The van der Waals surface area contributed by atoms with Gasteiger partial charge in [-0.2, -0.15) is 0 Å². The number of fused-ring (bicyclic) bond motifs is 14. The van der Waals surface area contributed by atoms with Crippen LogP contribution in [0.2, 0.25) is 0 Å². The Hall–Kier alpha value is -8.44. The maximum Gasteiger partial charge on any atom is 0.0812 e. The van der Waals surface area contributed by atoms with Crippen LogP contribution in [-0.4, -0.2) is 19.9 Å². The van der Waals surface area contributed by atoms with E-state index in [1.807, 2.05) is 0 Å². The number of H-pyrrole nitrogens is 2. The molecule has 0 radical (unpaired) electrons. The van der Waals surface area contributed by atoms with Crippen molar-refractivity contribution in [1.82, 2.24) is 19.9 Å². The third-order valence-corrected chi connectivity index (χ3v) is 12.9. The first kappa shape index (κ1) is 38.3. The van der Waals surface area contributed by atoms with Crippen LogP contribution in [0.5, 0.6) is 0 Å². The molecule has 10 aromatic rings. The third-order valence-electron chi connectivity index (χ3n) is 12.9. The predicted molar refractivity (Wildman–Crippen MR) is 272 cm³/mol. The maximum atomic E-state index is 5.41. The van der Waals surface area contributed by atoms with Crippen molar-refractivity contribution < 1.29 is 0 Å². The fourth-order valence-corrected chi connectivity index (χ4v) is 9.61. The molecule has 0 aliphatic carbocycles. The lowest BCUT2D eigenvalue weighted by Gasteiger charge is -2.15. The van der Waals surface area contributed by atoms with Crippen LogP contribution in [0.1, 0.15) is 58.9 Å². The van der Waals surface area contributed by atoms with Crippen LogP contribution in [0.25, 0.3) is 87.9 Å². The molecule has 0 fully saturated rings. The highest BCUT2D eigenvalue weighted by atomic mass is 14.8. The summed E-state index contributed by atoms with van der Waals surface area (Å²) in [5.74, 6) is 14.4. The fourth-order valence-electron chi connectivity index (χ4n) is 9.61. The summed E-state index contributed by atoms with van der Waals surface area (Å²) in [6.45, 7) is 6.64. The van der Waals surface area contributed by atoms with E-state index in [2.05, 4.69) is 230 Å². The smallest absolute Gasteiger partial charge is 0.0812 e. The van der Waals surface area contributed by atoms with E-state index < -0.39 is 0 Å². The SMILES string of the molecule is Cc1ccc(-c2c3nc(cc4nc(cc5cc(C#Cc6cc7ccccc7c7ccccc67)c(cc6ccc2[nH]6)[nH]5)C(C)(C)C4)C(C#Cc2cc4ccccc4c4ccccc24)=C3)cc1. The number of hydrogen-bond donors (Lipinski definition) is 2. The Morgan fingerprint density at radius 2 is 1.08 bits per heavy atom. The Kier molecular flexibility index (Phi) is 8.90. The van der Waals surface area contributed by atoms with Gasteiger partial charge in [0.2, 0.25) is 0 Å². The molecule has 65 heavy (non-hydrogen) atoms. The Morgan fingerprint density at radius 1 is 0.492 bits per heavy atom. The zero-order valence-corrected chi connectivity index (χ0v) is 36.3. The number of aromatic nitrogens is 4. The van der Waals surface area contributed by atoms with Crippen LogP contribution in [0, 0.1) is 30.6 Å². The summed E-state index contributed by atoms with van der Waals surface area (Å²) >= 11 is 0. The first-order valence-corrected chi connectivity index (χ1v) is 22.2. The minimum Gasteiger partial charge on any atom is -0.355 e. The lowest BCUT2D eigenvalue weighted by Crippen LogP contribution is -2.14. The molecule has 2 N–H and O–H groups in total. The molecule has 2 aliphatic rings. The van der Waals surface area contributed by atoms with Crippen molar-refractivity contribution in [2.24, 2.45) is 0 Å². The summed E-state index contributed by atoms with van der Waals surface area (Å²) in [4.78, 5) is 18.2. The van der Waals surface area contributed by atoms with Gasteiger partial charge in [-0.05, 0) is 110 Å². The standard InChI is InChI=1S/C61H42N4/c1-38-20-22-39(23-21-38)60-55-29-28-46(62-55)34-56-44(26-24-42-30-40-12-4-6-14-49(40)53-18-10-8-16-51(42)53)32-47(63-56)36-59-61(2,3)37-48(64-59)35-57-45(33-58(60)65-57)27-25-43-31-41-13-5-7-15-50(41)54-19-11-9-17-52(43)54/h4-23,28-36,62-63H,37H2,1-3H3. The van der Waals surface area contributed by atoms with Crippen molar-refractivity contribution in [3.05, 3.63) is 215 Å². The molecule has 8 bridgehead atoms. The van der Waals surface area contributed by atoms with Gasteiger partial charge in [-0.3, -0.25) is 4.98 Å². The van der Waals surface area contributed by atoms with Crippen molar-refractivity contribution in [1.29, 1.82) is 0 Å². The van der Waals surface area contributed by atoms with Gasteiger partial charge in [-0.15, -0.1) is 0 Å². The number of hydrogen-bond acceptors (Lipinski definition) is 2. The van der Waals surface area contributed by atoms with E-state index in [0.29, 0.717) is 0 Å². The molecule has 0 saturated heterocycles. The number of aromatic amines is 2. The molecule has 0 atom stereocenters. The molecule has 5 heterocycles. The van der Waals surface area contributed by atoms with Gasteiger partial charge in [0.05, 0.1) is 28.0 Å². The molecule has 12 rings (SSSR count). The van der Waals surface area contributed by atoms with Crippen molar-refractivity contribution in [2.75, 3.05) is 0 Å². The van der Waals surface area contributed by atoms with Crippen LogP contribution >= 0.6 is 0 Å². The van der Waals surface area contributed by atoms with Gasteiger partial charge >= 0.3 is 0 Å². The largest absolute Gasteiger partial charge is 0.355 e. The molecular formula is C61H42N4. The Labute approximate surface area is 377 Å². The van der Waals surface area contributed by atoms with Gasteiger partial charge in [-0.1, -0.05) is 164 Å². The number of nitrogens with zero attached hydrogens (tertiary/aromatic N) is 2. The maximum absolute atomic E-state index is 5.41. The van der Waals surface area contributed by atoms with Crippen LogP contribution in [-0.2, 0) is 11.8 Å². The summed E-state index contributed by atoms with van der Waals surface area (Å²) in [5, 5.41) is 9.49. The average Bonchev–Trinajstić information content (AvgIpc) is 4.11. The molecule has 2 aliphatic heterocycles. The van der Waals surface area contributed by atoms with Gasteiger partial charge in [0.15, 0.2) is 0 Å². The van der Waals surface area contributed by atoms with E-state index in [1.165, 1.54) is 37.9 Å². The van der Waals surface area contributed by atoms with Gasteiger partial charge < -0.3 is 9.97 Å². The molecule has 0 unspecified atom stereocenters. The van der Waals surface area contributed by atoms with Gasteiger partial charge in [0.25, 0.3) is 0 Å². The van der Waals surface area contributed by atoms with Crippen molar-refractivity contribution in [2.45, 2.75) is 32.6 Å². The number of aryl methyl sites for hydroxylation is 1. The zero-order valence-electron chi connectivity index (χ0n) is 36.3. The topological polar surface area (TPSA) is 57.4 Å². The van der Waals surface area contributed by atoms with E-state index >= 15 is 0 Å². The highest BCUT2D eigenvalue weighted by molar-refractivity contribution is 6.11. The summed E-state index contributed by atoms with van der Waals surface area (Å²) in [6.07, 6.45) is 2.91. The van der Waals surface area contributed by atoms with Gasteiger partial charge in [0.1, 0.15) is 0 Å². The number of rotatable bonds is 1. The lowest BCUT2D eigenvalue weighted by molar-refractivity contribution is 0.543. The highest BCUT2D eigenvalue weighted by Crippen LogP contribution is 2.36. The minimum absolute atomic E-state index is 0.219. The second-order valence-corrected chi connectivity index (χ2v) is 17.9. The van der Waals surface area contributed by atoms with Crippen molar-refractivity contribution >= 4 is 76.8 Å². The summed E-state index contributed by atoms with van der Waals surface area (Å²) in [7, 11) is 0. The van der Waals surface area contributed by atoms with Gasteiger partial charge in [-0.25, -0.2) is 4.98 Å². The lowest BCUT2D eigenvalue weighted by atomic mass is 9.87. The summed E-state index contributed by atoms with van der Waals surface area (Å²) in [6, 6.07) is 60.2. The summed E-state index contributed by atoms with van der Waals surface area (Å²) in [5.41, 5.74) is 14.2. The van der Waals surface area contributed by atoms with E-state index in [4.69, 9.17) is 9.97 Å². The Bertz CT molecular complexity index is 3970. The molecule has 0 spiro atoms. The minimum atomic E-state index is -0.219. The van der Waals surface area contributed by atoms with E-state index in [-0.39, 0.29) is 5.41 Å². The molecule has 7 aromatic carbocycles.